The van der Waals surface area contributed by atoms with Crippen molar-refractivity contribution in [3.8, 4) is 11.4 Å². The fourth-order valence-corrected chi connectivity index (χ4v) is 4.27. The van der Waals surface area contributed by atoms with Gasteiger partial charge in [-0.05, 0) is 42.5 Å². The quantitative estimate of drug-likeness (QED) is 0.508. The van der Waals surface area contributed by atoms with Crippen molar-refractivity contribution in [1.29, 1.82) is 0 Å². The second-order valence-corrected chi connectivity index (χ2v) is 9.35. The third-order valence-electron chi connectivity index (χ3n) is 4.71. The Labute approximate surface area is 187 Å². The summed E-state index contributed by atoms with van der Waals surface area (Å²) in [5, 5.41) is 11.7. The van der Waals surface area contributed by atoms with Crippen LogP contribution in [0.15, 0.2) is 29.4 Å². The minimum atomic E-state index is -0.859. The Morgan fingerprint density at radius 1 is 1.20 bits per heavy atom. The molecular formula is C21H30ClN5O2S. The molecule has 3 amide bonds. The first-order valence-electron chi connectivity index (χ1n) is 10.2. The molecule has 0 bridgehead atoms. The van der Waals surface area contributed by atoms with E-state index in [1.807, 2.05) is 38.1 Å². The molecule has 1 aromatic heterocycles. The van der Waals surface area contributed by atoms with Crippen LogP contribution in [0, 0.1) is 11.8 Å². The Kier molecular flexibility index (Phi) is 9.17. The van der Waals surface area contributed by atoms with Gasteiger partial charge in [0.05, 0.1) is 5.25 Å². The lowest BCUT2D eigenvalue weighted by atomic mass is 10.0. The number of nitrogens with one attached hydrogen (secondary N) is 1. The maximum atomic E-state index is 12.5. The number of carbonyl (C=O) groups excluding carboxylic acids is 2. The van der Waals surface area contributed by atoms with Crippen molar-refractivity contribution in [2.45, 2.75) is 63.9 Å². The Morgan fingerprint density at radius 3 is 2.43 bits per heavy atom. The van der Waals surface area contributed by atoms with Gasteiger partial charge in [0, 0.05) is 17.1 Å². The number of unbranched alkanes of at least 4 members (excludes halogenated alkanes) is 1. The summed E-state index contributed by atoms with van der Waals surface area (Å²) in [6.45, 7) is 8.95. The van der Waals surface area contributed by atoms with Gasteiger partial charge in [0.1, 0.15) is 0 Å². The number of hydrogen-bond acceptors (Lipinski definition) is 5. The zero-order valence-corrected chi connectivity index (χ0v) is 19.5. The van der Waals surface area contributed by atoms with Crippen LogP contribution in [0.2, 0.25) is 5.02 Å². The smallest absolute Gasteiger partial charge is 0.318 e. The SMILES string of the molecule is CCCCC(C)Cn1c(SC(C(=O)NC(N)=O)C(C)C)nnc1-c1ccc(Cl)cc1. The summed E-state index contributed by atoms with van der Waals surface area (Å²) >= 11 is 7.34. The largest absolute Gasteiger partial charge is 0.351 e. The molecule has 7 nitrogen and oxygen atoms in total. The summed E-state index contributed by atoms with van der Waals surface area (Å²) in [7, 11) is 0. The standard InChI is InChI=1S/C21H30ClN5O2S/c1-5-6-7-14(4)12-27-18(15-8-10-16(22)11-9-15)25-26-21(27)30-17(13(2)3)19(28)24-20(23)29/h8-11,13-14,17H,5-7,12H2,1-4H3,(H3,23,24,28,29). The van der Waals surface area contributed by atoms with Gasteiger partial charge in [0.2, 0.25) is 5.91 Å². The third kappa shape index (κ3) is 6.74. The van der Waals surface area contributed by atoms with Crippen LogP contribution in [0.4, 0.5) is 4.79 Å². The molecule has 0 aliphatic rings. The molecule has 164 valence electrons. The molecular weight excluding hydrogens is 422 g/mol. The van der Waals surface area contributed by atoms with Crippen molar-refractivity contribution in [2.75, 3.05) is 0 Å². The average molecular weight is 452 g/mol. The monoisotopic (exact) mass is 451 g/mol. The molecule has 0 aliphatic carbocycles. The number of carbonyl (C=O) groups is 2. The summed E-state index contributed by atoms with van der Waals surface area (Å²) in [6.07, 6.45) is 3.38. The highest BCUT2D eigenvalue weighted by atomic mass is 35.5. The average Bonchev–Trinajstić information content (AvgIpc) is 3.06. The van der Waals surface area contributed by atoms with Gasteiger partial charge < -0.3 is 10.3 Å². The molecule has 2 rings (SSSR count). The van der Waals surface area contributed by atoms with Crippen LogP contribution in [0.3, 0.4) is 0 Å². The fraction of sp³-hybridized carbons (Fsp3) is 0.524. The molecule has 1 heterocycles. The number of aromatic nitrogens is 3. The zero-order chi connectivity index (χ0) is 22.3. The lowest BCUT2D eigenvalue weighted by Gasteiger charge is -2.20. The zero-order valence-electron chi connectivity index (χ0n) is 17.9. The number of benzene rings is 1. The Morgan fingerprint density at radius 2 is 1.87 bits per heavy atom. The Hall–Kier alpha value is -2.06. The van der Waals surface area contributed by atoms with E-state index in [1.54, 1.807) is 0 Å². The van der Waals surface area contributed by atoms with Crippen LogP contribution >= 0.6 is 23.4 Å². The third-order valence-corrected chi connectivity index (χ3v) is 6.48. The normalized spacial score (nSPS) is 13.3. The topological polar surface area (TPSA) is 103 Å². The summed E-state index contributed by atoms with van der Waals surface area (Å²) in [5.74, 6) is 0.693. The molecule has 30 heavy (non-hydrogen) atoms. The van der Waals surface area contributed by atoms with Gasteiger partial charge in [0.25, 0.3) is 0 Å². The Bertz CT molecular complexity index is 854. The lowest BCUT2D eigenvalue weighted by Crippen LogP contribution is -2.42. The fourth-order valence-electron chi connectivity index (χ4n) is 3.11. The molecule has 9 heteroatoms. The number of imide groups is 1. The van der Waals surface area contributed by atoms with Crippen LogP contribution in [0.25, 0.3) is 11.4 Å². The maximum Gasteiger partial charge on any atom is 0.318 e. The number of thioether (sulfide) groups is 1. The molecule has 2 unspecified atom stereocenters. The molecule has 0 aliphatic heterocycles. The highest BCUT2D eigenvalue weighted by Crippen LogP contribution is 2.31. The molecule has 0 spiro atoms. The highest BCUT2D eigenvalue weighted by molar-refractivity contribution is 8.00. The van der Waals surface area contributed by atoms with Crippen molar-refractivity contribution >= 4 is 35.3 Å². The lowest BCUT2D eigenvalue weighted by molar-refractivity contribution is -0.120. The predicted molar refractivity (Wildman–Crippen MR) is 121 cm³/mol. The van der Waals surface area contributed by atoms with Crippen LogP contribution in [-0.4, -0.2) is 32.0 Å². The second-order valence-electron chi connectivity index (χ2n) is 7.81. The van der Waals surface area contributed by atoms with E-state index < -0.39 is 17.2 Å². The first kappa shape index (κ1) is 24.2. The number of nitrogens with zero attached hydrogens (tertiary/aromatic N) is 3. The summed E-state index contributed by atoms with van der Waals surface area (Å²) in [5.41, 5.74) is 6.04. The summed E-state index contributed by atoms with van der Waals surface area (Å²) in [6, 6.07) is 6.60. The van der Waals surface area contributed by atoms with E-state index in [-0.39, 0.29) is 5.92 Å². The van der Waals surface area contributed by atoms with E-state index in [9.17, 15) is 9.59 Å². The number of nitrogens with two attached hydrogens (primary N) is 1. The number of hydrogen-bond donors (Lipinski definition) is 2. The van der Waals surface area contributed by atoms with Crippen LogP contribution in [0.5, 0.6) is 0 Å². The number of rotatable bonds is 10. The maximum absolute atomic E-state index is 12.5. The first-order chi connectivity index (χ1) is 14.2. The predicted octanol–water partition coefficient (Wildman–Crippen LogP) is 4.74. The van der Waals surface area contributed by atoms with E-state index in [2.05, 4.69) is 33.9 Å². The molecule has 3 N–H and O–H groups in total. The minimum Gasteiger partial charge on any atom is -0.351 e. The van der Waals surface area contributed by atoms with Gasteiger partial charge in [-0.1, -0.05) is 63.9 Å². The molecule has 0 saturated carbocycles. The minimum absolute atomic E-state index is 0.0315. The van der Waals surface area contributed by atoms with E-state index in [0.717, 1.165) is 37.2 Å². The number of halogens is 1. The van der Waals surface area contributed by atoms with E-state index in [1.165, 1.54) is 11.8 Å². The van der Waals surface area contributed by atoms with Crippen LogP contribution < -0.4 is 11.1 Å². The van der Waals surface area contributed by atoms with Gasteiger partial charge in [-0.3, -0.25) is 10.1 Å². The first-order valence-corrected chi connectivity index (χ1v) is 11.4. The summed E-state index contributed by atoms with van der Waals surface area (Å²) in [4.78, 5) is 23.6. The summed E-state index contributed by atoms with van der Waals surface area (Å²) < 4.78 is 2.06. The van der Waals surface area contributed by atoms with Gasteiger partial charge in [-0.25, -0.2) is 4.79 Å². The molecule has 2 aromatic rings. The molecule has 2 atom stereocenters. The van der Waals surface area contributed by atoms with Crippen molar-refractivity contribution in [2.24, 2.45) is 17.6 Å². The van der Waals surface area contributed by atoms with Gasteiger partial charge >= 0.3 is 6.03 Å². The van der Waals surface area contributed by atoms with Gasteiger partial charge in [-0.2, -0.15) is 0 Å². The van der Waals surface area contributed by atoms with E-state index in [4.69, 9.17) is 17.3 Å². The molecule has 0 fully saturated rings. The van der Waals surface area contributed by atoms with Gasteiger partial charge in [0.15, 0.2) is 11.0 Å². The number of amides is 3. The molecule has 1 aromatic carbocycles. The van der Waals surface area contributed by atoms with Gasteiger partial charge in [-0.15, -0.1) is 10.2 Å². The van der Waals surface area contributed by atoms with Crippen molar-refractivity contribution in [3.05, 3.63) is 29.3 Å². The molecule has 0 radical (unpaired) electrons. The van der Waals surface area contributed by atoms with Crippen LogP contribution in [0.1, 0.15) is 47.0 Å². The second kappa shape index (κ2) is 11.4. The van der Waals surface area contributed by atoms with E-state index >= 15 is 0 Å². The van der Waals surface area contributed by atoms with E-state index in [0.29, 0.717) is 16.1 Å². The van der Waals surface area contributed by atoms with Crippen molar-refractivity contribution in [3.63, 3.8) is 0 Å². The van der Waals surface area contributed by atoms with Crippen molar-refractivity contribution < 1.29 is 9.59 Å². The molecule has 0 saturated heterocycles. The van der Waals surface area contributed by atoms with Crippen molar-refractivity contribution in [1.82, 2.24) is 20.1 Å². The van der Waals surface area contributed by atoms with Crippen LogP contribution in [-0.2, 0) is 11.3 Å². The highest BCUT2D eigenvalue weighted by Gasteiger charge is 2.28. The Balaban J connectivity index is 2.38. The number of primary amides is 1. The number of urea groups is 1.